The first-order chi connectivity index (χ1) is 4.10. The first-order valence-corrected chi connectivity index (χ1v) is 3.69. The molecular formula is C6H11CuO2. The Bertz CT molecular complexity index is 103. The summed E-state index contributed by atoms with van der Waals surface area (Å²) < 4.78 is 0. The fraction of sp³-hybridized carbons (Fsp3) is 1.00. The Morgan fingerprint density at radius 3 is 2.44 bits per heavy atom. The van der Waals surface area contributed by atoms with Crippen molar-refractivity contribution in [3.8, 4) is 0 Å². The molecule has 0 spiro atoms. The molecule has 2 N–H and O–H groups in total. The molecule has 0 amide bonds. The van der Waals surface area contributed by atoms with Crippen LogP contribution in [0.1, 0.15) is 25.7 Å². The normalized spacial score (nSPS) is 34.4. The standard InChI is InChI=1S/C6H11O2.Cu/c7-6(8)4-2-1-3-5-6;/h2,7-8H,1,3-5H2;. The summed E-state index contributed by atoms with van der Waals surface area (Å²) in [6.45, 7) is 0. The van der Waals surface area contributed by atoms with Crippen LogP contribution in [0.3, 0.4) is 0 Å². The van der Waals surface area contributed by atoms with Gasteiger partial charge in [-0.05, 0) is 0 Å². The van der Waals surface area contributed by atoms with Crippen molar-refractivity contribution < 1.29 is 26.2 Å². The molecule has 0 saturated heterocycles. The van der Waals surface area contributed by atoms with E-state index < -0.39 is 5.79 Å². The van der Waals surface area contributed by atoms with Gasteiger partial charge in [-0.25, -0.2) is 0 Å². The van der Waals surface area contributed by atoms with Crippen LogP contribution in [-0.2, 0) is 16.0 Å². The predicted molar refractivity (Wildman–Crippen MR) is 29.4 cm³/mol. The molecule has 58 valence electrons. The Morgan fingerprint density at radius 1 is 1.44 bits per heavy atom. The van der Waals surface area contributed by atoms with Gasteiger partial charge in [0.15, 0.2) is 0 Å². The van der Waals surface area contributed by atoms with Crippen LogP contribution in [0.15, 0.2) is 0 Å². The molecule has 1 rings (SSSR count). The van der Waals surface area contributed by atoms with E-state index in [1.54, 1.807) is 0 Å². The zero-order valence-corrected chi connectivity index (χ0v) is 6.04. The monoisotopic (exact) mass is 178 g/mol. The Balaban J connectivity index is 2.41. The first-order valence-electron chi connectivity index (χ1n) is 3.14. The Morgan fingerprint density at radius 2 is 2.11 bits per heavy atom. The second-order valence-corrected chi connectivity index (χ2v) is 3.38. The fourth-order valence-corrected chi connectivity index (χ4v) is 1.62. The zero-order valence-electron chi connectivity index (χ0n) is 5.10. The maximum atomic E-state index is 9.03. The number of aliphatic hydroxyl groups is 2. The van der Waals surface area contributed by atoms with Crippen LogP contribution in [-0.4, -0.2) is 16.0 Å². The van der Waals surface area contributed by atoms with E-state index in [0.29, 0.717) is 12.8 Å². The maximum absolute atomic E-state index is 9.03. The summed E-state index contributed by atoms with van der Waals surface area (Å²) in [6.07, 6.45) is 2.63. The minimum atomic E-state index is -1.46. The van der Waals surface area contributed by atoms with E-state index in [0.717, 1.165) is 12.8 Å². The summed E-state index contributed by atoms with van der Waals surface area (Å²) in [4.78, 5) is 0.0428. The molecule has 9 heavy (non-hydrogen) atoms. The molecule has 0 aromatic heterocycles. The molecular weight excluding hydrogens is 168 g/mol. The van der Waals surface area contributed by atoms with Crippen molar-refractivity contribution in [2.75, 3.05) is 0 Å². The zero-order chi connectivity index (χ0) is 6.91. The van der Waals surface area contributed by atoms with Crippen LogP contribution in [0.4, 0.5) is 0 Å². The molecule has 0 bridgehead atoms. The molecule has 1 saturated carbocycles. The van der Waals surface area contributed by atoms with E-state index in [9.17, 15) is 0 Å². The van der Waals surface area contributed by atoms with Crippen LogP contribution < -0.4 is 0 Å². The molecule has 1 unspecified atom stereocenters. The molecule has 0 aliphatic heterocycles. The van der Waals surface area contributed by atoms with E-state index in [-0.39, 0.29) is 4.82 Å². The molecule has 1 fully saturated rings. The third-order valence-electron chi connectivity index (χ3n) is 1.61. The summed E-state index contributed by atoms with van der Waals surface area (Å²) in [5.41, 5.74) is 0. The molecule has 3 heteroatoms. The summed E-state index contributed by atoms with van der Waals surface area (Å²) in [7, 11) is 0. The molecule has 1 atom stereocenters. The number of hydrogen-bond acceptors (Lipinski definition) is 2. The van der Waals surface area contributed by atoms with Crippen LogP contribution in [0, 0.1) is 0 Å². The van der Waals surface area contributed by atoms with E-state index in [1.807, 2.05) is 0 Å². The second kappa shape index (κ2) is 2.59. The first kappa shape index (κ1) is 7.55. The van der Waals surface area contributed by atoms with Crippen molar-refractivity contribution in [2.24, 2.45) is 0 Å². The third-order valence-corrected chi connectivity index (χ3v) is 2.07. The van der Waals surface area contributed by atoms with Gasteiger partial charge in [-0.2, -0.15) is 0 Å². The molecule has 1 aliphatic carbocycles. The molecule has 0 aromatic carbocycles. The van der Waals surface area contributed by atoms with Crippen molar-refractivity contribution in [2.45, 2.75) is 36.3 Å². The quantitative estimate of drug-likeness (QED) is 0.421. The SMILES string of the molecule is OC1(O)CCC[CH]([Cu])C1. The van der Waals surface area contributed by atoms with Crippen molar-refractivity contribution in [3.05, 3.63) is 0 Å². The molecule has 0 heterocycles. The van der Waals surface area contributed by atoms with E-state index in [4.69, 9.17) is 26.2 Å². The van der Waals surface area contributed by atoms with Crippen LogP contribution >= 0.6 is 0 Å². The van der Waals surface area contributed by atoms with E-state index >= 15 is 0 Å². The van der Waals surface area contributed by atoms with Crippen molar-refractivity contribution in [3.63, 3.8) is 0 Å². The van der Waals surface area contributed by atoms with Crippen LogP contribution in [0.25, 0.3) is 0 Å². The van der Waals surface area contributed by atoms with Crippen molar-refractivity contribution in [1.82, 2.24) is 0 Å². The van der Waals surface area contributed by atoms with Gasteiger partial charge in [-0.3, -0.25) is 0 Å². The van der Waals surface area contributed by atoms with Gasteiger partial charge in [-0.1, -0.05) is 0 Å². The Kier molecular flexibility index (Phi) is 2.17. The Labute approximate surface area is 63.1 Å². The summed E-state index contributed by atoms with van der Waals surface area (Å²) in [6, 6.07) is 0. The number of hydrogen-bond donors (Lipinski definition) is 2. The summed E-state index contributed by atoms with van der Waals surface area (Å²) in [5, 5.41) is 18.1. The van der Waals surface area contributed by atoms with Gasteiger partial charge in [0.1, 0.15) is 0 Å². The Hall–Kier alpha value is 0.439. The van der Waals surface area contributed by atoms with Gasteiger partial charge < -0.3 is 0 Å². The van der Waals surface area contributed by atoms with E-state index in [1.165, 1.54) is 0 Å². The third kappa shape index (κ3) is 2.26. The minimum absolute atomic E-state index is 0.0428. The molecule has 2 nitrogen and oxygen atoms in total. The number of rotatable bonds is 0. The van der Waals surface area contributed by atoms with Crippen molar-refractivity contribution in [1.29, 1.82) is 0 Å². The van der Waals surface area contributed by atoms with Gasteiger partial charge >= 0.3 is 62.5 Å². The van der Waals surface area contributed by atoms with E-state index in [2.05, 4.69) is 0 Å². The molecule has 0 radical (unpaired) electrons. The predicted octanol–water partition coefficient (Wildman–Crippen LogP) is 0.577. The average Bonchev–Trinajstić information content (AvgIpc) is 1.60. The molecule has 1 aliphatic rings. The summed E-state index contributed by atoms with van der Waals surface area (Å²) in [5.74, 6) is -1.46. The average molecular weight is 179 g/mol. The fourth-order valence-electron chi connectivity index (χ4n) is 1.12. The van der Waals surface area contributed by atoms with Crippen LogP contribution in [0.5, 0.6) is 0 Å². The van der Waals surface area contributed by atoms with Gasteiger partial charge in [0.2, 0.25) is 0 Å². The van der Waals surface area contributed by atoms with Gasteiger partial charge in [-0.15, -0.1) is 0 Å². The van der Waals surface area contributed by atoms with Crippen molar-refractivity contribution >= 4 is 0 Å². The second-order valence-electron chi connectivity index (χ2n) is 2.61. The molecule has 0 aromatic rings. The van der Waals surface area contributed by atoms with Gasteiger partial charge in [0, 0.05) is 0 Å². The summed E-state index contributed by atoms with van der Waals surface area (Å²) >= 11 is 5.06. The van der Waals surface area contributed by atoms with Crippen LogP contribution in [0.2, 0.25) is 4.82 Å². The topological polar surface area (TPSA) is 40.5 Å². The van der Waals surface area contributed by atoms with Gasteiger partial charge in [0.25, 0.3) is 0 Å². The van der Waals surface area contributed by atoms with Gasteiger partial charge in [0.05, 0.1) is 0 Å².